The van der Waals surface area contributed by atoms with E-state index < -0.39 is 0 Å². The summed E-state index contributed by atoms with van der Waals surface area (Å²) in [5.74, 6) is 0.465. The van der Waals surface area contributed by atoms with E-state index in [0.717, 1.165) is 11.3 Å². The summed E-state index contributed by atoms with van der Waals surface area (Å²) < 4.78 is 18.2. The highest BCUT2D eigenvalue weighted by atomic mass is 35.5. The van der Waals surface area contributed by atoms with Crippen LogP contribution >= 0.6 is 11.6 Å². The van der Waals surface area contributed by atoms with Gasteiger partial charge in [0.1, 0.15) is 11.6 Å². The second-order valence-electron chi connectivity index (χ2n) is 3.86. The van der Waals surface area contributed by atoms with Crippen LogP contribution in [0.2, 0.25) is 5.02 Å². The predicted molar refractivity (Wildman–Crippen MR) is 71.7 cm³/mol. The monoisotopic (exact) mass is 265 g/mol. The first-order valence-electron chi connectivity index (χ1n) is 5.50. The van der Waals surface area contributed by atoms with E-state index in [4.69, 9.17) is 16.3 Å². The predicted octanol–water partition coefficient (Wildman–Crippen LogP) is 4.10. The molecule has 0 saturated heterocycles. The molecule has 2 aromatic carbocycles. The summed E-state index contributed by atoms with van der Waals surface area (Å²) in [6.45, 7) is 0.601. The Bertz CT molecular complexity index is 508. The molecule has 0 aromatic heterocycles. The van der Waals surface area contributed by atoms with Crippen molar-refractivity contribution in [3.05, 3.63) is 58.9 Å². The molecule has 0 unspecified atom stereocenters. The van der Waals surface area contributed by atoms with E-state index in [1.54, 1.807) is 13.2 Å². The molecule has 0 saturated carbocycles. The average molecular weight is 266 g/mol. The number of hydrogen-bond donors (Lipinski definition) is 1. The van der Waals surface area contributed by atoms with Gasteiger partial charge in [0.25, 0.3) is 0 Å². The van der Waals surface area contributed by atoms with Crippen LogP contribution in [0.1, 0.15) is 5.56 Å². The summed E-state index contributed by atoms with van der Waals surface area (Å²) in [5, 5.41) is 3.50. The molecule has 0 aliphatic rings. The number of anilines is 1. The quantitative estimate of drug-likeness (QED) is 0.899. The Morgan fingerprint density at radius 2 is 1.89 bits per heavy atom. The Kier molecular flexibility index (Phi) is 4.05. The molecule has 0 fully saturated rings. The van der Waals surface area contributed by atoms with Crippen LogP contribution in [0.3, 0.4) is 0 Å². The van der Waals surface area contributed by atoms with Crippen molar-refractivity contribution in [3.8, 4) is 5.75 Å². The van der Waals surface area contributed by atoms with Crippen LogP contribution < -0.4 is 10.1 Å². The summed E-state index contributed by atoms with van der Waals surface area (Å²) in [6.07, 6.45) is 0. The van der Waals surface area contributed by atoms with Crippen LogP contribution in [0.4, 0.5) is 10.1 Å². The van der Waals surface area contributed by atoms with Gasteiger partial charge in [-0.1, -0.05) is 23.7 Å². The minimum absolute atomic E-state index is 0.347. The van der Waals surface area contributed by atoms with Crippen molar-refractivity contribution in [3.63, 3.8) is 0 Å². The van der Waals surface area contributed by atoms with Gasteiger partial charge in [-0.05, 0) is 35.9 Å². The molecule has 18 heavy (non-hydrogen) atoms. The lowest BCUT2D eigenvalue weighted by molar-refractivity contribution is 0.414. The lowest BCUT2D eigenvalue weighted by Gasteiger charge is -2.08. The van der Waals surface area contributed by atoms with Crippen molar-refractivity contribution in [2.24, 2.45) is 0 Å². The summed E-state index contributed by atoms with van der Waals surface area (Å²) in [6, 6.07) is 12.0. The van der Waals surface area contributed by atoms with E-state index in [2.05, 4.69) is 5.32 Å². The van der Waals surface area contributed by atoms with E-state index in [0.29, 0.717) is 17.3 Å². The number of halogens is 2. The van der Waals surface area contributed by atoms with Gasteiger partial charge in [0.2, 0.25) is 0 Å². The number of ether oxygens (including phenoxy) is 1. The van der Waals surface area contributed by atoms with E-state index >= 15 is 0 Å². The van der Waals surface area contributed by atoms with Crippen molar-refractivity contribution in [2.45, 2.75) is 6.54 Å². The van der Waals surface area contributed by atoms with Crippen LogP contribution in [-0.2, 0) is 6.54 Å². The van der Waals surface area contributed by atoms with Crippen molar-refractivity contribution < 1.29 is 9.13 Å². The standard InChI is InChI=1S/C14H13ClFNO/c1-18-14-4-2-10(3-5-14)9-17-13-7-11(15)6-12(16)8-13/h2-8,17H,9H2,1H3. The smallest absolute Gasteiger partial charge is 0.126 e. The molecule has 0 amide bonds. The third-order valence-corrected chi connectivity index (χ3v) is 2.74. The summed E-state index contributed by atoms with van der Waals surface area (Å²) in [7, 11) is 1.63. The first-order chi connectivity index (χ1) is 8.67. The second kappa shape index (κ2) is 5.74. The molecule has 2 aromatic rings. The van der Waals surface area contributed by atoms with Crippen LogP contribution in [0.5, 0.6) is 5.75 Å². The van der Waals surface area contributed by atoms with Crippen molar-refractivity contribution in [1.29, 1.82) is 0 Å². The SMILES string of the molecule is COc1ccc(CNc2cc(F)cc(Cl)c2)cc1. The molecule has 94 valence electrons. The molecular weight excluding hydrogens is 253 g/mol. The zero-order valence-electron chi connectivity index (χ0n) is 9.91. The van der Waals surface area contributed by atoms with Gasteiger partial charge in [0.05, 0.1) is 7.11 Å². The number of rotatable bonds is 4. The maximum absolute atomic E-state index is 13.1. The number of methoxy groups -OCH3 is 1. The Hall–Kier alpha value is -1.74. The number of hydrogen-bond acceptors (Lipinski definition) is 2. The maximum atomic E-state index is 13.1. The molecule has 0 bridgehead atoms. The molecule has 0 radical (unpaired) electrons. The zero-order valence-corrected chi connectivity index (χ0v) is 10.7. The molecular formula is C14H13ClFNO. The third-order valence-electron chi connectivity index (χ3n) is 2.52. The average Bonchev–Trinajstić information content (AvgIpc) is 2.36. The normalized spacial score (nSPS) is 10.2. The Morgan fingerprint density at radius 3 is 2.50 bits per heavy atom. The molecule has 2 rings (SSSR count). The second-order valence-corrected chi connectivity index (χ2v) is 4.30. The van der Waals surface area contributed by atoms with Crippen molar-refractivity contribution in [1.82, 2.24) is 0 Å². The minimum atomic E-state index is -0.347. The van der Waals surface area contributed by atoms with Gasteiger partial charge in [-0.25, -0.2) is 4.39 Å². The van der Waals surface area contributed by atoms with E-state index in [1.165, 1.54) is 12.1 Å². The Balaban J connectivity index is 2.01. The zero-order chi connectivity index (χ0) is 13.0. The van der Waals surface area contributed by atoms with Crippen LogP contribution in [-0.4, -0.2) is 7.11 Å². The fraction of sp³-hybridized carbons (Fsp3) is 0.143. The van der Waals surface area contributed by atoms with E-state index in [-0.39, 0.29) is 5.82 Å². The van der Waals surface area contributed by atoms with Crippen molar-refractivity contribution in [2.75, 3.05) is 12.4 Å². The topological polar surface area (TPSA) is 21.3 Å². The van der Waals surface area contributed by atoms with Crippen LogP contribution in [0.25, 0.3) is 0 Å². The van der Waals surface area contributed by atoms with Crippen LogP contribution in [0.15, 0.2) is 42.5 Å². The fourth-order valence-electron chi connectivity index (χ4n) is 1.60. The number of nitrogens with one attached hydrogen (secondary N) is 1. The highest BCUT2D eigenvalue weighted by molar-refractivity contribution is 6.30. The van der Waals surface area contributed by atoms with Gasteiger partial charge in [-0.2, -0.15) is 0 Å². The highest BCUT2D eigenvalue weighted by Gasteiger charge is 1.99. The summed E-state index contributed by atoms with van der Waals surface area (Å²) in [5.41, 5.74) is 1.74. The third kappa shape index (κ3) is 3.37. The van der Waals surface area contributed by atoms with Gasteiger partial charge >= 0.3 is 0 Å². The summed E-state index contributed by atoms with van der Waals surface area (Å²) in [4.78, 5) is 0. The van der Waals surface area contributed by atoms with Gasteiger partial charge in [0.15, 0.2) is 0 Å². The van der Waals surface area contributed by atoms with Crippen LogP contribution in [0, 0.1) is 5.82 Å². The van der Waals surface area contributed by atoms with Gasteiger partial charge in [0, 0.05) is 17.3 Å². The molecule has 1 N–H and O–H groups in total. The summed E-state index contributed by atoms with van der Waals surface area (Å²) >= 11 is 5.77. The Morgan fingerprint density at radius 1 is 1.17 bits per heavy atom. The van der Waals surface area contributed by atoms with Gasteiger partial charge in [-0.3, -0.25) is 0 Å². The number of benzene rings is 2. The first-order valence-corrected chi connectivity index (χ1v) is 5.88. The first kappa shape index (κ1) is 12.7. The molecule has 0 atom stereocenters. The molecule has 0 aliphatic heterocycles. The highest BCUT2D eigenvalue weighted by Crippen LogP contribution is 2.19. The molecule has 0 aliphatic carbocycles. The minimum Gasteiger partial charge on any atom is -0.497 e. The maximum Gasteiger partial charge on any atom is 0.126 e. The van der Waals surface area contributed by atoms with Crippen molar-refractivity contribution >= 4 is 17.3 Å². The fourth-order valence-corrected chi connectivity index (χ4v) is 1.83. The van der Waals surface area contributed by atoms with Gasteiger partial charge < -0.3 is 10.1 Å². The van der Waals surface area contributed by atoms with Gasteiger partial charge in [-0.15, -0.1) is 0 Å². The molecule has 4 heteroatoms. The molecule has 0 spiro atoms. The Labute approximate surface area is 110 Å². The van der Waals surface area contributed by atoms with E-state index in [9.17, 15) is 4.39 Å². The van der Waals surface area contributed by atoms with E-state index in [1.807, 2.05) is 24.3 Å². The lowest BCUT2D eigenvalue weighted by Crippen LogP contribution is -1.99. The molecule has 0 heterocycles. The molecule has 2 nitrogen and oxygen atoms in total. The lowest BCUT2D eigenvalue weighted by atomic mass is 10.2. The largest absolute Gasteiger partial charge is 0.497 e.